The minimum atomic E-state index is -3.14. The molecule has 0 bridgehead atoms. The zero-order chi connectivity index (χ0) is 16.7. The SMILES string of the molecule is CCOC(CCCNCCN)O[Si](OCC)(OCC)OCC. The summed E-state index contributed by atoms with van der Waals surface area (Å²) in [5.74, 6) is 0. The molecule has 3 N–H and O–H groups in total. The average Bonchev–Trinajstić information content (AvgIpc) is 2.48. The molecular formula is C14H34N2O5Si. The molecule has 0 aromatic rings. The Morgan fingerprint density at radius 2 is 1.50 bits per heavy atom. The molecule has 0 amide bonds. The monoisotopic (exact) mass is 338 g/mol. The molecule has 0 saturated heterocycles. The van der Waals surface area contributed by atoms with Crippen molar-refractivity contribution in [1.29, 1.82) is 0 Å². The maximum Gasteiger partial charge on any atom is 0.681 e. The summed E-state index contributed by atoms with van der Waals surface area (Å²) >= 11 is 0. The first-order valence-electron chi connectivity index (χ1n) is 8.29. The van der Waals surface area contributed by atoms with Gasteiger partial charge in [-0.05, 0) is 47.1 Å². The summed E-state index contributed by atoms with van der Waals surface area (Å²) in [4.78, 5) is 0. The molecule has 0 saturated carbocycles. The van der Waals surface area contributed by atoms with Crippen molar-refractivity contribution in [3.8, 4) is 0 Å². The predicted molar refractivity (Wildman–Crippen MR) is 88.3 cm³/mol. The van der Waals surface area contributed by atoms with Crippen LogP contribution in [-0.4, -0.2) is 61.4 Å². The third-order valence-electron chi connectivity index (χ3n) is 2.71. The van der Waals surface area contributed by atoms with E-state index in [0.717, 1.165) is 25.9 Å². The number of nitrogens with one attached hydrogen (secondary N) is 1. The van der Waals surface area contributed by atoms with Gasteiger partial charge in [-0.2, -0.15) is 0 Å². The standard InChI is InChI=1S/C14H34N2O5Si/c1-5-17-14(10-9-12-16-13-11-15)21-22(18-6-2,19-7-3)20-8-4/h14,16H,5-13,15H2,1-4H3. The quantitative estimate of drug-likeness (QED) is 0.249. The lowest BCUT2D eigenvalue weighted by molar-refractivity contribution is -0.149. The Balaban J connectivity index is 4.53. The van der Waals surface area contributed by atoms with Gasteiger partial charge in [-0.3, -0.25) is 0 Å². The fourth-order valence-electron chi connectivity index (χ4n) is 1.90. The van der Waals surface area contributed by atoms with Crippen molar-refractivity contribution in [2.75, 3.05) is 46.1 Å². The van der Waals surface area contributed by atoms with Crippen molar-refractivity contribution in [3.05, 3.63) is 0 Å². The Hall–Kier alpha value is -0.0631. The molecule has 0 aliphatic rings. The van der Waals surface area contributed by atoms with Gasteiger partial charge in [0.15, 0.2) is 6.29 Å². The van der Waals surface area contributed by atoms with Gasteiger partial charge in [0.25, 0.3) is 0 Å². The zero-order valence-electron chi connectivity index (χ0n) is 14.6. The fraction of sp³-hybridized carbons (Fsp3) is 1.00. The molecule has 0 rings (SSSR count). The summed E-state index contributed by atoms with van der Waals surface area (Å²) in [6.07, 6.45) is 1.27. The third kappa shape index (κ3) is 9.85. The molecule has 0 heterocycles. The fourth-order valence-corrected chi connectivity index (χ4v) is 3.92. The van der Waals surface area contributed by atoms with E-state index in [0.29, 0.717) is 33.0 Å². The van der Waals surface area contributed by atoms with Gasteiger partial charge >= 0.3 is 9.05 Å². The van der Waals surface area contributed by atoms with Crippen molar-refractivity contribution in [3.63, 3.8) is 0 Å². The predicted octanol–water partition coefficient (Wildman–Crippen LogP) is 1.24. The molecule has 0 fully saturated rings. The third-order valence-corrected chi connectivity index (χ3v) is 5.18. The summed E-state index contributed by atoms with van der Waals surface area (Å²) in [5, 5.41) is 3.25. The number of ether oxygens (including phenoxy) is 1. The van der Waals surface area contributed by atoms with Crippen LogP contribution in [0.3, 0.4) is 0 Å². The van der Waals surface area contributed by atoms with Crippen LogP contribution in [0.2, 0.25) is 0 Å². The molecule has 8 heteroatoms. The van der Waals surface area contributed by atoms with Crippen LogP contribution in [0.15, 0.2) is 0 Å². The van der Waals surface area contributed by atoms with Gasteiger partial charge in [-0.15, -0.1) is 0 Å². The molecule has 7 nitrogen and oxygen atoms in total. The first kappa shape index (κ1) is 21.9. The van der Waals surface area contributed by atoms with Gasteiger partial charge in [-0.1, -0.05) is 0 Å². The van der Waals surface area contributed by atoms with Crippen LogP contribution in [0.5, 0.6) is 0 Å². The van der Waals surface area contributed by atoms with Crippen LogP contribution in [-0.2, 0) is 22.4 Å². The van der Waals surface area contributed by atoms with Crippen LogP contribution in [0.1, 0.15) is 40.5 Å². The summed E-state index contributed by atoms with van der Waals surface area (Å²) in [6.45, 7) is 12.0. The Morgan fingerprint density at radius 1 is 0.909 bits per heavy atom. The zero-order valence-corrected chi connectivity index (χ0v) is 15.6. The molecule has 0 spiro atoms. The summed E-state index contributed by atoms with van der Waals surface area (Å²) < 4.78 is 28.7. The molecule has 22 heavy (non-hydrogen) atoms. The molecule has 1 unspecified atom stereocenters. The number of rotatable bonds is 16. The minimum absolute atomic E-state index is 0.388. The van der Waals surface area contributed by atoms with Gasteiger partial charge < -0.3 is 33.5 Å². The van der Waals surface area contributed by atoms with E-state index < -0.39 is 9.05 Å². The van der Waals surface area contributed by atoms with Crippen LogP contribution in [0, 0.1) is 0 Å². The van der Waals surface area contributed by atoms with Gasteiger partial charge in [-0.25, -0.2) is 0 Å². The highest BCUT2D eigenvalue weighted by Crippen LogP contribution is 2.18. The molecule has 134 valence electrons. The van der Waals surface area contributed by atoms with Gasteiger partial charge in [0.05, 0.1) is 0 Å². The first-order valence-corrected chi connectivity index (χ1v) is 9.93. The van der Waals surface area contributed by atoms with Gasteiger partial charge in [0.1, 0.15) is 0 Å². The van der Waals surface area contributed by atoms with E-state index in [9.17, 15) is 0 Å². The Bertz CT molecular complexity index is 232. The number of hydrogen-bond acceptors (Lipinski definition) is 7. The number of nitrogens with two attached hydrogens (primary N) is 1. The lowest BCUT2D eigenvalue weighted by Crippen LogP contribution is -2.52. The Labute approximate surface area is 136 Å². The van der Waals surface area contributed by atoms with Crippen molar-refractivity contribution < 1.29 is 22.4 Å². The second kappa shape index (κ2) is 14.5. The summed E-state index contributed by atoms with van der Waals surface area (Å²) in [6, 6.07) is 0. The molecule has 0 aliphatic carbocycles. The van der Waals surface area contributed by atoms with E-state index >= 15 is 0 Å². The molecule has 0 aromatic carbocycles. The van der Waals surface area contributed by atoms with Crippen LogP contribution < -0.4 is 11.1 Å². The van der Waals surface area contributed by atoms with Crippen molar-refractivity contribution in [2.24, 2.45) is 5.73 Å². The second-order valence-electron chi connectivity index (χ2n) is 4.48. The van der Waals surface area contributed by atoms with Crippen LogP contribution >= 0.6 is 0 Å². The van der Waals surface area contributed by atoms with Gasteiger partial charge in [0.2, 0.25) is 0 Å². The van der Waals surface area contributed by atoms with Crippen molar-refractivity contribution >= 4 is 9.05 Å². The largest absolute Gasteiger partial charge is 0.681 e. The Kier molecular flexibility index (Phi) is 14.5. The topological polar surface area (TPSA) is 84.2 Å². The highest BCUT2D eigenvalue weighted by atomic mass is 28.4. The lowest BCUT2D eigenvalue weighted by atomic mass is 10.3. The molecule has 1 atom stereocenters. The molecule has 0 radical (unpaired) electrons. The van der Waals surface area contributed by atoms with E-state index in [4.69, 9.17) is 28.2 Å². The molecule has 0 aromatic heterocycles. The highest BCUT2D eigenvalue weighted by molar-refractivity contribution is 6.53. The van der Waals surface area contributed by atoms with E-state index in [1.165, 1.54) is 0 Å². The smallest absolute Gasteiger partial charge is 0.354 e. The normalized spacial score (nSPS) is 13.5. The van der Waals surface area contributed by atoms with Crippen molar-refractivity contribution in [2.45, 2.75) is 46.8 Å². The minimum Gasteiger partial charge on any atom is -0.354 e. The van der Waals surface area contributed by atoms with E-state index in [1.807, 2.05) is 27.7 Å². The lowest BCUT2D eigenvalue weighted by Gasteiger charge is -2.30. The van der Waals surface area contributed by atoms with Crippen LogP contribution in [0.4, 0.5) is 0 Å². The van der Waals surface area contributed by atoms with Crippen LogP contribution in [0.25, 0.3) is 0 Å². The summed E-state index contributed by atoms with van der Waals surface area (Å²) in [5.41, 5.74) is 5.45. The van der Waals surface area contributed by atoms with E-state index in [1.54, 1.807) is 0 Å². The van der Waals surface area contributed by atoms with E-state index in [-0.39, 0.29) is 6.29 Å². The molecular weight excluding hydrogens is 304 g/mol. The Morgan fingerprint density at radius 3 is 1.95 bits per heavy atom. The number of hydrogen-bond donors (Lipinski definition) is 2. The average molecular weight is 339 g/mol. The van der Waals surface area contributed by atoms with Crippen molar-refractivity contribution in [1.82, 2.24) is 5.32 Å². The first-order chi connectivity index (χ1) is 10.7. The second-order valence-corrected chi connectivity index (χ2v) is 6.58. The summed E-state index contributed by atoms with van der Waals surface area (Å²) in [7, 11) is -3.14. The maximum absolute atomic E-state index is 6.00. The van der Waals surface area contributed by atoms with Gasteiger partial charge in [0, 0.05) is 39.5 Å². The molecule has 0 aliphatic heterocycles. The maximum atomic E-state index is 6.00. The van der Waals surface area contributed by atoms with E-state index in [2.05, 4.69) is 5.32 Å². The highest BCUT2D eigenvalue weighted by Gasteiger charge is 2.47.